The zero-order valence-electron chi connectivity index (χ0n) is 29.7. The van der Waals surface area contributed by atoms with E-state index in [0.717, 1.165) is 44.9 Å². The first-order valence-electron chi connectivity index (χ1n) is 16.7. The molecule has 0 bridgehead atoms. The molecule has 0 saturated carbocycles. The molecule has 262 valence electrons. The monoisotopic (exact) mass is 678 g/mol. The summed E-state index contributed by atoms with van der Waals surface area (Å²) < 4.78 is 34.0. The third-order valence-electron chi connectivity index (χ3n) is 7.66. The van der Waals surface area contributed by atoms with Gasteiger partial charge in [0, 0.05) is 12.8 Å². The first-order valence-corrected chi connectivity index (χ1v) is 16.7. The summed E-state index contributed by atoms with van der Waals surface area (Å²) in [6.07, 6.45) is 3.92. The van der Waals surface area contributed by atoms with Crippen LogP contribution in [0.3, 0.4) is 0 Å². The van der Waals surface area contributed by atoms with Gasteiger partial charge in [0.05, 0.1) is 37.6 Å². The second kappa shape index (κ2) is 18.9. The Bertz CT molecular complexity index is 1610. The van der Waals surface area contributed by atoms with Gasteiger partial charge in [-0.05, 0) is 123 Å². The maximum Gasteiger partial charge on any atom is 0.336 e. The highest BCUT2D eigenvalue weighted by Gasteiger charge is 2.13. The minimum absolute atomic E-state index is 0.241. The van der Waals surface area contributed by atoms with Gasteiger partial charge >= 0.3 is 11.9 Å². The van der Waals surface area contributed by atoms with Crippen molar-refractivity contribution >= 4 is 11.9 Å². The van der Waals surface area contributed by atoms with Gasteiger partial charge in [0.25, 0.3) is 0 Å². The highest BCUT2D eigenvalue weighted by atomic mass is 16.5. The van der Waals surface area contributed by atoms with Crippen molar-refractivity contribution in [2.24, 2.45) is 0 Å². The maximum absolute atomic E-state index is 12.3. The van der Waals surface area contributed by atoms with Crippen LogP contribution in [0.5, 0.6) is 23.0 Å². The Morgan fingerprint density at radius 3 is 1.20 bits per heavy atom. The molecule has 0 radical (unpaired) electrons. The van der Waals surface area contributed by atoms with Crippen molar-refractivity contribution in [3.8, 4) is 34.1 Å². The van der Waals surface area contributed by atoms with E-state index in [4.69, 9.17) is 28.4 Å². The quantitative estimate of drug-likeness (QED) is 0.0473. The number of aryl methyl sites for hydroxylation is 4. The van der Waals surface area contributed by atoms with E-state index in [0.29, 0.717) is 48.7 Å². The molecule has 0 unspecified atom stereocenters. The molecule has 0 spiro atoms. The maximum atomic E-state index is 12.3. The number of hydrogen-bond donors (Lipinski definition) is 0. The molecule has 4 rings (SSSR count). The van der Waals surface area contributed by atoms with Crippen molar-refractivity contribution in [2.45, 2.75) is 54.4 Å². The molecule has 4 aromatic carbocycles. The molecule has 0 saturated heterocycles. The minimum Gasteiger partial charge on any atom is -0.493 e. The first kappa shape index (κ1) is 37.3. The van der Waals surface area contributed by atoms with Gasteiger partial charge in [0.2, 0.25) is 0 Å². The van der Waals surface area contributed by atoms with E-state index in [2.05, 4.69) is 24.3 Å². The molecule has 8 heteroatoms. The van der Waals surface area contributed by atoms with E-state index in [1.165, 1.54) is 12.5 Å². The second-order valence-electron chi connectivity index (χ2n) is 12.0. The smallest absolute Gasteiger partial charge is 0.336 e. The molecule has 0 aliphatic carbocycles. The molecule has 0 amide bonds. The molecule has 50 heavy (non-hydrogen) atoms. The van der Waals surface area contributed by atoms with Crippen LogP contribution in [0.2, 0.25) is 0 Å². The second-order valence-corrected chi connectivity index (χ2v) is 12.0. The summed E-state index contributed by atoms with van der Waals surface area (Å²) in [4.78, 5) is 24.6. The molecular formula is C42H46O8. The topological polar surface area (TPSA) is 89.5 Å². The lowest BCUT2D eigenvalue weighted by Gasteiger charge is -2.17. The molecular weight excluding hydrogens is 632 g/mol. The van der Waals surface area contributed by atoms with Gasteiger partial charge in [-0.2, -0.15) is 0 Å². The number of benzene rings is 4. The summed E-state index contributed by atoms with van der Waals surface area (Å²) in [5, 5.41) is 0. The fourth-order valence-electron chi connectivity index (χ4n) is 5.12. The van der Waals surface area contributed by atoms with E-state index in [-0.39, 0.29) is 13.2 Å². The van der Waals surface area contributed by atoms with Crippen LogP contribution in [0.15, 0.2) is 109 Å². The van der Waals surface area contributed by atoms with Crippen LogP contribution < -0.4 is 18.9 Å². The van der Waals surface area contributed by atoms with Gasteiger partial charge in [-0.15, -0.1) is 0 Å². The molecule has 0 aromatic heterocycles. The van der Waals surface area contributed by atoms with Gasteiger partial charge in [-0.3, -0.25) is 0 Å². The number of carbonyl (C=O) groups excluding carboxylic acids is 2. The highest BCUT2D eigenvalue weighted by Crippen LogP contribution is 2.34. The van der Waals surface area contributed by atoms with Gasteiger partial charge in [-0.1, -0.05) is 36.4 Å². The summed E-state index contributed by atoms with van der Waals surface area (Å²) in [5.74, 6) is 2.12. The predicted molar refractivity (Wildman–Crippen MR) is 195 cm³/mol. The minimum atomic E-state index is -0.422. The first-order chi connectivity index (χ1) is 24.1. The number of rotatable bonds is 17. The van der Waals surface area contributed by atoms with Crippen molar-refractivity contribution in [3.63, 3.8) is 0 Å². The number of hydrogen-bond acceptors (Lipinski definition) is 8. The average Bonchev–Trinajstić information content (AvgIpc) is 3.11. The van der Waals surface area contributed by atoms with Gasteiger partial charge in [-0.25, -0.2) is 9.59 Å². The Balaban J connectivity index is 1.21. The van der Waals surface area contributed by atoms with E-state index in [1.54, 1.807) is 13.8 Å². The predicted octanol–water partition coefficient (Wildman–Crippen LogP) is 9.18. The molecule has 0 atom stereocenters. The van der Waals surface area contributed by atoms with Crippen molar-refractivity contribution in [3.05, 3.63) is 131 Å². The lowest BCUT2D eigenvalue weighted by atomic mass is 9.96. The number of ether oxygens (including phenoxy) is 6. The van der Waals surface area contributed by atoms with Gasteiger partial charge < -0.3 is 28.4 Å². The highest BCUT2D eigenvalue weighted by molar-refractivity contribution is 5.87. The Labute approximate surface area is 295 Å². The van der Waals surface area contributed by atoms with Crippen LogP contribution in [0.25, 0.3) is 11.1 Å². The average molecular weight is 679 g/mol. The number of para-hydroxylation sites is 2. The van der Waals surface area contributed by atoms with Crippen LogP contribution in [0, 0.1) is 27.7 Å². The summed E-state index contributed by atoms with van der Waals surface area (Å²) >= 11 is 0. The SMILES string of the molecule is CC(=COc1ccccc1)C(=O)OCCCOc1c(C)cc(-c2cc(C)c(OCCCOC(=O)C(C)=COc3ccccc3)c(C)c2)cc1C. The van der Waals surface area contributed by atoms with Gasteiger partial charge in [0.1, 0.15) is 35.5 Å². The lowest BCUT2D eigenvalue weighted by molar-refractivity contribution is -0.140. The van der Waals surface area contributed by atoms with Crippen LogP contribution >= 0.6 is 0 Å². The fraction of sp³-hybridized carbons (Fsp3) is 0.286. The number of carbonyl (C=O) groups is 2. The summed E-state index contributed by atoms with van der Waals surface area (Å²) in [6, 6.07) is 27.0. The Hall–Kier alpha value is -5.50. The van der Waals surface area contributed by atoms with E-state index >= 15 is 0 Å². The molecule has 8 nitrogen and oxygen atoms in total. The third kappa shape index (κ3) is 11.3. The van der Waals surface area contributed by atoms with Crippen LogP contribution in [-0.2, 0) is 19.1 Å². The summed E-state index contributed by atoms with van der Waals surface area (Å²) in [6.45, 7) is 12.8. The zero-order chi connectivity index (χ0) is 35.9. The number of esters is 2. The Morgan fingerprint density at radius 2 is 0.860 bits per heavy atom. The molecule has 4 aromatic rings. The van der Waals surface area contributed by atoms with Gasteiger partial charge in [0.15, 0.2) is 0 Å². The molecule has 0 fully saturated rings. The van der Waals surface area contributed by atoms with Crippen molar-refractivity contribution in [1.29, 1.82) is 0 Å². The van der Waals surface area contributed by atoms with Crippen LogP contribution in [0.1, 0.15) is 48.9 Å². The van der Waals surface area contributed by atoms with Crippen LogP contribution in [-0.4, -0.2) is 38.4 Å². The van der Waals surface area contributed by atoms with Crippen molar-refractivity contribution in [1.82, 2.24) is 0 Å². The molecule has 0 aliphatic heterocycles. The Kier molecular flexibility index (Phi) is 14.1. The molecule has 0 heterocycles. The lowest BCUT2D eigenvalue weighted by Crippen LogP contribution is -2.11. The third-order valence-corrected chi connectivity index (χ3v) is 7.66. The van der Waals surface area contributed by atoms with E-state index in [1.807, 2.05) is 88.4 Å². The standard InChI is InChI=1S/C42H46O8/c1-29-23-35(24-30(2)39(29)45-19-13-21-47-41(43)33(5)27-49-37-15-9-7-10-16-37)36-25-31(3)40(32(4)26-36)46-20-14-22-48-42(44)34(6)28-50-38-17-11-8-12-18-38/h7-12,15-18,23-28H,13-14,19-22H2,1-6H3. The Morgan fingerprint density at radius 1 is 0.520 bits per heavy atom. The zero-order valence-corrected chi connectivity index (χ0v) is 29.7. The van der Waals surface area contributed by atoms with E-state index in [9.17, 15) is 9.59 Å². The molecule has 0 aliphatic rings. The largest absolute Gasteiger partial charge is 0.493 e. The normalized spacial score (nSPS) is 11.5. The van der Waals surface area contributed by atoms with Crippen LogP contribution in [0.4, 0.5) is 0 Å². The summed E-state index contributed by atoms with van der Waals surface area (Å²) in [7, 11) is 0. The fourth-order valence-corrected chi connectivity index (χ4v) is 5.12. The van der Waals surface area contributed by atoms with Crippen molar-refractivity contribution in [2.75, 3.05) is 26.4 Å². The summed E-state index contributed by atoms with van der Waals surface area (Å²) in [5.41, 5.74) is 7.04. The van der Waals surface area contributed by atoms with Crippen molar-refractivity contribution < 1.29 is 38.0 Å². The van der Waals surface area contributed by atoms with E-state index < -0.39 is 11.9 Å². The molecule has 0 N–H and O–H groups in total.